The lowest BCUT2D eigenvalue weighted by molar-refractivity contribution is -0.132. The first-order chi connectivity index (χ1) is 14.8. The number of Topliss-reactive ketones (excluding diaryl/α,β-unsaturated/α-hetero) is 1. The quantitative estimate of drug-likeness (QED) is 0.387. The van der Waals surface area contributed by atoms with Gasteiger partial charge in [0, 0.05) is 11.6 Å². The van der Waals surface area contributed by atoms with Gasteiger partial charge in [-0.25, -0.2) is 4.39 Å². The summed E-state index contributed by atoms with van der Waals surface area (Å²) in [4.78, 5) is 27.1. The highest BCUT2D eigenvalue weighted by molar-refractivity contribution is 6.51. The number of methoxy groups -OCH3 is 1. The number of aliphatic hydroxyl groups excluding tert-OH is 1. The van der Waals surface area contributed by atoms with Crippen molar-refractivity contribution in [2.45, 2.75) is 19.9 Å². The predicted octanol–water partition coefficient (Wildman–Crippen LogP) is 4.07. The van der Waals surface area contributed by atoms with Crippen LogP contribution in [0.4, 0.5) is 10.2 Å². The molecule has 0 saturated carbocycles. The molecule has 0 radical (unpaired) electrons. The van der Waals surface area contributed by atoms with Crippen LogP contribution in [0.5, 0.6) is 5.75 Å². The highest BCUT2D eigenvalue weighted by atomic mass is 19.1. The van der Waals surface area contributed by atoms with E-state index < -0.39 is 23.5 Å². The zero-order valence-corrected chi connectivity index (χ0v) is 17.0. The van der Waals surface area contributed by atoms with Gasteiger partial charge in [-0.1, -0.05) is 17.3 Å². The average molecular weight is 422 g/mol. The summed E-state index contributed by atoms with van der Waals surface area (Å²) < 4.78 is 23.9. The number of benzene rings is 2. The van der Waals surface area contributed by atoms with Crippen molar-refractivity contribution in [1.29, 1.82) is 0 Å². The van der Waals surface area contributed by atoms with E-state index in [9.17, 15) is 19.1 Å². The van der Waals surface area contributed by atoms with E-state index in [1.807, 2.05) is 0 Å². The van der Waals surface area contributed by atoms with Gasteiger partial charge < -0.3 is 14.4 Å². The second-order valence-electron chi connectivity index (χ2n) is 7.20. The molecule has 1 amide bonds. The average Bonchev–Trinajstić information content (AvgIpc) is 3.29. The summed E-state index contributed by atoms with van der Waals surface area (Å²) in [6.45, 7) is 3.45. The van der Waals surface area contributed by atoms with Gasteiger partial charge in [0.15, 0.2) is 5.82 Å². The third-order valence-electron chi connectivity index (χ3n) is 5.16. The molecule has 1 N–H and O–H groups in total. The fourth-order valence-corrected chi connectivity index (χ4v) is 3.68. The minimum absolute atomic E-state index is 0.123. The number of halogens is 1. The molecule has 7 nitrogen and oxygen atoms in total. The highest BCUT2D eigenvalue weighted by Gasteiger charge is 2.48. The number of aliphatic hydroxyl groups is 1. The number of carbonyl (C=O) groups excluding carboxylic acids is 2. The first-order valence-electron chi connectivity index (χ1n) is 9.46. The minimum Gasteiger partial charge on any atom is -0.507 e. The normalized spacial score (nSPS) is 17.9. The highest BCUT2D eigenvalue weighted by Crippen LogP contribution is 2.42. The van der Waals surface area contributed by atoms with Crippen LogP contribution in [0.25, 0.3) is 5.76 Å². The lowest BCUT2D eigenvalue weighted by Crippen LogP contribution is -2.29. The number of ketones is 1. The number of nitrogens with zero attached hydrogens (tertiary/aromatic N) is 2. The number of hydrogen-bond acceptors (Lipinski definition) is 6. The van der Waals surface area contributed by atoms with Gasteiger partial charge in [-0.05, 0) is 55.3 Å². The third kappa shape index (κ3) is 3.46. The van der Waals surface area contributed by atoms with Crippen LogP contribution in [0.2, 0.25) is 0 Å². The maximum Gasteiger partial charge on any atom is 0.301 e. The largest absolute Gasteiger partial charge is 0.507 e. The Morgan fingerprint density at radius 3 is 2.42 bits per heavy atom. The predicted molar refractivity (Wildman–Crippen MR) is 110 cm³/mol. The summed E-state index contributed by atoms with van der Waals surface area (Å²) in [5.74, 6) is -1.37. The molecule has 1 aromatic heterocycles. The molecular weight excluding hydrogens is 403 g/mol. The fraction of sp³-hybridized carbons (Fsp3) is 0.174. The Balaban J connectivity index is 1.93. The van der Waals surface area contributed by atoms with E-state index in [2.05, 4.69) is 5.16 Å². The van der Waals surface area contributed by atoms with Crippen LogP contribution in [0.15, 0.2) is 58.6 Å². The monoisotopic (exact) mass is 422 g/mol. The first-order valence-corrected chi connectivity index (χ1v) is 9.46. The topological polar surface area (TPSA) is 92.9 Å². The molecule has 31 heavy (non-hydrogen) atoms. The smallest absolute Gasteiger partial charge is 0.301 e. The molecule has 1 aliphatic heterocycles. The van der Waals surface area contributed by atoms with Gasteiger partial charge in [0.1, 0.15) is 23.1 Å². The van der Waals surface area contributed by atoms with Crippen molar-refractivity contribution < 1.29 is 28.3 Å². The summed E-state index contributed by atoms with van der Waals surface area (Å²) in [5, 5.41) is 14.9. The zero-order valence-electron chi connectivity index (χ0n) is 17.0. The second kappa shape index (κ2) is 7.71. The SMILES string of the molecule is COc1ccc(C(O)=C2C(=O)C(=O)N(c3cc(C)on3)[C@@H]2c2ccc(F)cc2)cc1C. The number of carbonyl (C=O) groups is 2. The molecule has 1 saturated heterocycles. The molecule has 2 aromatic carbocycles. The Morgan fingerprint density at radius 2 is 1.84 bits per heavy atom. The molecule has 3 aromatic rings. The summed E-state index contributed by atoms with van der Waals surface area (Å²) >= 11 is 0. The van der Waals surface area contributed by atoms with Crippen LogP contribution in [0, 0.1) is 19.7 Å². The standard InChI is InChI=1S/C23H19FN2O5/c1-12-10-15(6-9-17(12)30-3)21(27)19-20(14-4-7-16(24)8-5-14)26(23(29)22(19)28)18-11-13(2)31-25-18/h4-11,20,27H,1-3H3/t20-/m1/s1. The number of aromatic nitrogens is 1. The molecule has 1 fully saturated rings. The number of anilines is 1. The Hall–Kier alpha value is -3.94. The number of rotatable bonds is 4. The molecule has 158 valence electrons. The Labute approximate surface area is 177 Å². The van der Waals surface area contributed by atoms with Gasteiger partial charge in [0.25, 0.3) is 5.78 Å². The van der Waals surface area contributed by atoms with E-state index in [1.165, 1.54) is 37.4 Å². The van der Waals surface area contributed by atoms with E-state index in [1.54, 1.807) is 32.0 Å². The molecular formula is C23H19FN2O5. The van der Waals surface area contributed by atoms with Gasteiger partial charge in [-0.3, -0.25) is 14.5 Å². The number of aryl methyl sites for hydroxylation is 2. The van der Waals surface area contributed by atoms with E-state index in [0.717, 1.165) is 10.5 Å². The molecule has 8 heteroatoms. The Bertz CT molecular complexity index is 1210. The first kappa shape index (κ1) is 20.3. The van der Waals surface area contributed by atoms with Crippen molar-refractivity contribution >= 4 is 23.3 Å². The fourth-order valence-electron chi connectivity index (χ4n) is 3.68. The summed E-state index contributed by atoms with van der Waals surface area (Å²) in [6, 6.07) is 10.8. The van der Waals surface area contributed by atoms with Crippen LogP contribution in [-0.2, 0) is 9.59 Å². The minimum atomic E-state index is -1.01. The Morgan fingerprint density at radius 1 is 1.13 bits per heavy atom. The van der Waals surface area contributed by atoms with E-state index in [4.69, 9.17) is 9.26 Å². The lowest BCUT2D eigenvalue weighted by atomic mass is 9.94. The van der Waals surface area contributed by atoms with Crippen molar-refractivity contribution in [3.8, 4) is 5.75 Å². The van der Waals surface area contributed by atoms with Crippen molar-refractivity contribution in [3.05, 3.63) is 82.4 Å². The van der Waals surface area contributed by atoms with Crippen molar-refractivity contribution in [2.75, 3.05) is 12.0 Å². The summed E-state index contributed by atoms with van der Waals surface area (Å²) in [5.41, 5.74) is 1.40. The van der Waals surface area contributed by atoms with E-state index in [0.29, 0.717) is 22.6 Å². The van der Waals surface area contributed by atoms with Gasteiger partial charge >= 0.3 is 5.91 Å². The maximum absolute atomic E-state index is 13.5. The van der Waals surface area contributed by atoms with Crippen molar-refractivity contribution in [2.24, 2.45) is 0 Å². The number of hydrogen-bond donors (Lipinski definition) is 1. The van der Waals surface area contributed by atoms with Gasteiger partial charge in [0.05, 0.1) is 18.7 Å². The van der Waals surface area contributed by atoms with Gasteiger partial charge in [-0.15, -0.1) is 0 Å². The lowest BCUT2D eigenvalue weighted by Gasteiger charge is -2.22. The van der Waals surface area contributed by atoms with Crippen LogP contribution in [-0.4, -0.2) is 29.1 Å². The van der Waals surface area contributed by atoms with Crippen molar-refractivity contribution in [1.82, 2.24) is 5.16 Å². The van der Waals surface area contributed by atoms with Crippen LogP contribution < -0.4 is 9.64 Å². The molecule has 0 spiro atoms. The molecule has 0 unspecified atom stereocenters. The van der Waals surface area contributed by atoms with Gasteiger partial charge in [0.2, 0.25) is 0 Å². The summed E-state index contributed by atoms with van der Waals surface area (Å²) in [7, 11) is 1.53. The van der Waals surface area contributed by atoms with E-state index >= 15 is 0 Å². The Kier molecular flexibility index (Phi) is 5.06. The zero-order chi connectivity index (χ0) is 22.3. The number of amides is 1. The van der Waals surface area contributed by atoms with Gasteiger partial charge in [-0.2, -0.15) is 0 Å². The van der Waals surface area contributed by atoms with E-state index in [-0.39, 0.29) is 17.2 Å². The molecule has 0 aliphatic carbocycles. The van der Waals surface area contributed by atoms with Crippen molar-refractivity contribution in [3.63, 3.8) is 0 Å². The van der Waals surface area contributed by atoms with Crippen LogP contribution in [0.1, 0.15) is 28.5 Å². The third-order valence-corrected chi connectivity index (χ3v) is 5.16. The second-order valence-corrected chi connectivity index (χ2v) is 7.20. The van der Waals surface area contributed by atoms with Crippen LogP contribution >= 0.6 is 0 Å². The summed E-state index contributed by atoms with van der Waals surface area (Å²) in [6.07, 6.45) is 0. The molecule has 1 aliphatic rings. The molecule has 1 atom stereocenters. The molecule has 4 rings (SSSR count). The molecule has 0 bridgehead atoms. The number of ether oxygens (including phenoxy) is 1. The maximum atomic E-state index is 13.5. The molecule has 2 heterocycles. The van der Waals surface area contributed by atoms with Crippen LogP contribution in [0.3, 0.4) is 0 Å².